The Labute approximate surface area is 218 Å². The minimum atomic E-state index is -0.0633. The van der Waals surface area contributed by atoms with Crippen LogP contribution in [0, 0.1) is 13.8 Å². The van der Waals surface area contributed by atoms with Crippen molar-refractivity contribution in [2.75, 3.05) is 0 Å². The summed E-state index contributed by atoms with van der Waals surface area (Å²) in [5, 5.41) is 2.59. The van der Waals surface area contributed by atoms with Crippen molar-refractivity contribution in [3.8, 4) is 0 Å². The number of carbonyl (C=O) groups excluding carboxylic acids is 1. The molecule has 0 atom stereocenters. The Hall–Kier alpha value is -3.83. The van der Waals surface area contributed by atoms with Crippen LogP contribution >= 0.6 is 0 Å². The number of H-pyrrole nitrogens is 2. The zero-order valence-electron chi connectivity index (χ0n) is 21.6. The number of fused-ring (bicyclic) bond motifs is 2. The molecule has 0 spiro atoms. The SMILES string of the molecule is Cc1ccc2[nH]cc(C(CCCCCC(=O)NOCc3ccccc3)c3c[nH]c4ccc(C)cc34)c2c1. The van der Waals surface area contributed by atoms with E-state index in [0.717, 1.165) is 31.2 Å². The van der Waals surface area contributed by atoms with Crippen molar-refractivity contribution in [2.24, 2.45) is 0 Å². The fourth-order valence-corrected chi connectivity index (χ4v) is 5.20. The summed E-state index contributed by atoms with van der Waals surface area (Å²) in [5.41, 5.74) is 11.2. The third-order valence-electron chi connectivity index (χ3n) is 7.15. The highest BCUT2D eigenvalue weighted by molar-refractivity contribution is 5.88. The van der Waals surface area contributed by atoms with E-state index in [9.17, 15) is 4.79 Å². The number of amides is 1. The lowest BCUT2D eigenvalue weighted by Crippen LogP contribution is -2.23. The number of hydrogen-bond donors (Lipinski definition) is 3. The highest BCUT2D eigenvalue weighted by Gasteiger charge is 2.21. The predicted octanol–water partition coefficient (Wildman–Crippen LogP) is 7.60. The monoisotopic (exact) mass is 493 g/mol. The first-order valence-corrected chi connectivity index (χ1v) is 13.2. The van der Waals surface area contributed by atoms with Crippen LogP contribution in [0.5, 0.6) is 0 Å². The van der Waals surface area contributed by atoms with Gasteiger partial charge in [-0.15, -0.1) is 0 Å². The molecule has 0 saturated heterocycles. The summed E-state index contributed by atoms with van der Waals surface area (Å²) in [4.78, 5) is 24.6. The molecule has 5 aromatic rings. The topological polar surface area (TPSA) is 69.9 Å². The molecule has 0 saturated carbocycles. The average molecular weight is 494 g/mol. The predicted molar refractivity (Wildman–Crippen MR) is 150 cm³/mol. The quantitative estimate of drug-likeness (QED) is 0.131. The largest absolute Gasteiger partial charge is 0.361 e. The van der Waals surface area contributed by atoms with E-state index in [1.165, 1.54) is 44.1 Å². The van der Waals surface area contributed by atoms with Crippen LogP contribution in [0.1, 0.15) is 65.8 Å². The van der Waals surface area contributed by atoms with Crippen molar-refractivity contribution in [1.29, 1.82) is 0 Å². The van der Waals surface area contributed by atoms with Crippen molar-refractivity contribution < 1.29 is 9.63 Å². The van der Waals surface area contributed by atoms with Gasteiger partial charge in [-0.3, -0.25) is 9.63 Å². The molecule has 3 aromatic carbocycles. The first kappa shape index (κ1) is 24.8. The van der Waals surface area contributed by atoms with E-state index in [2.05, 4.69) is 78.1 Å². The van der Waals surface area contributed by atoms with Crippen molar-refractivity contribution in [3.63, 3.8) is 0 Å². The van der Waals surface area contributed by atoms with Gasteiger partial charge in [0.25, 0.3) is 0 Å². The van der Waals surface area contributed by atoms with Crippen LogP contribution in [0.3, 0.4) is 0 Å². The second-order valence-electron chi connectivity index (χ2n) is 10.0. The fourth-order valence-electron chi connectivity index (χ4n) is 5.20. The van der Waals surface area contributed by atoms with Crippen LogP contribution in [0.25, 0.3) is 21.8 Å². The number of nitrogens with one attached hydrogen (secondary N) is 3. The maximum Gasteiger partial charge on any atom is 0.243 e. The van der Waals surface area contributed by atoms with E-state index in [-0.39, 0.29) is 11.8 Å². The van der Waals surface area contributed by atoms with Crippen LogP contribution < -0.4 is 5.48 Å². The number of benzene rings is 3. The molecule has 0 unspecified atom stereocenters. The van der Waals surface area contributed by atoms with Gasteiger partial charge in [0.05, 0.1) is 6.61 Å². The van der Waals surface area contributed by atoms with E-state index >= 15 is 0 Å². The van der Waals surface area contributed by atoms with Crippen LogP contribution in [-0.4, -0.2) is 15.9 Å². The number of carbonyl (C=O) groups is 1. The van der Waals surface area contributed by atoms with Gasteiger partial charge >= 0.3 is 0 Å². The van der Waals surface area contributed by atoms with Gasteiger partial charge in [0.1, 0.15) is 0 Å². The van der Waals surface area contributed by atoms with Crippen LogP contribution in [0.4, 0.5) is 0 Å². The third kappa shape index (κ3) is 5.95. The fraction of sp³-hybridized carbons (Fsp3) is 0.281. The zero-order valence-corrected chi connectivity index (χ0v) is 21.6. The second kappa shape index (κ2) is 11.5. The van der Waals surface area contributed by atoms with Gasteiger partial charge in [0.2, 0.25) is 5.91 Å². The minimum absolute atomic E-state index is 0.0633. The van der Waals surface area contributed by atoms with Gasteiger partial charge in [0, 0.05) is 46.5 Å². The molecule has 2 aromatic heterocycles. The average Bonchev–Trinajstić information content (AvgIpc) is 3.51. The molecule has 0 bridgehead atoms. The van der Waals surface area contributed by atoms with E-state index < -0.39 is 0 Å². The van der Waals surface area contributed by atoms with E-state index in [4.69, 9.17) is 4.84 Å². The Morgan fingerprint density at radius 2 is 1.43 bits per heavy atom. The van der Waals surface area contributed by atoms with Crippen molar-refractivity contribution in [2.45, 2.75) is 58.5 Å². The Kier molecular flexibility index (Phi) is 7.71. The number of aromatic nitrogens is 2. The highest BCUT2D eigenvalue weighted by Crippen LogP contribution is 2.38. The molecular weight excluding hydrogens is 458 g/mol. The van der Waals surface area contributed by atoms with Gasteiger partial charge < -0.3 is 9.97 Å². The summed E-state index contributed by atoms with van der Waals surface area (Å²) in [6.07, 6.45) is 8.73. The molecule has 5 nitrogen and oxygen atoms in total. The number of unbranched alkanes of at least 4 members (excludes halogenated alkanes) is 2. The van der Waals surface area contributed by atoms with Gasteiger partial charge in [-0.2, -0.15) is 0 Å². The smallest absolute Gasteiger partial charge is 0.243 e. The van der Waals surface area contributed by atoms with Crippen LogP contribution in [0.15, 0.2) is 79.1 Å². The normalized spacial score (nSPS) is 11.5. The number of aromatic amines is 2. The highest BCUT2D eigenvalue weighted by atomic mass is 16.6. The lowest BCUT2D eigenvalue weighted by molar-refractivity contribution is -0.134. The Morgan fingerprint density at radius 3 is 2.05 bits per heavy atom. The molecule has 3 N–H and O–H groups in total. The molecule has 5 rings (SSSR count). The zero-order chi connectivity index (χ0) is 25.6. The van der Waals surface area contributed by atoms with E-state index in [0.29, 0.717) is 13.0 Å². The van der Waals surface area contributed by atoms with Crippen LogP contribution in [0.2, 0.25) is 0 Å². The number of hydroxylamine groups is 1. The second-order valence-corrected chi connectivity index (χ2v) is 10.0. The molecular formula is C32H35N3O2. The van der Waals surface area contributed by atoms with Gasteiger partial charge in [-0.25, -0.2) is 5.48 Å². The van der Waals surface area contributed by atoms with Crippen molar-refractivity contribution in [1.82, 2.24) is 15.4 Å². The molecule has 0 aliphatic rings. The third-order valence-corrected chi connectivity index (χ3v) is 7.15. The lowest BCUT2D eigenvalue weighted by atomic mass is 9.86. The molecule has 1 amide bonds. The maximum absolute atomic E-state index is 12.2. The Bertz CT molecular complexity index is 1400. The molecule has 37 heavy (non-hydrogen) atoms. The van der Waals surface area contributed by atoms with Crippen LogP contribution in [-0.2, 0) is 16.2 Å². The standard InChI is InChI=1S/C32H35N3O2/c1-22-13-15-30-26(17-22)28(19-33-30)25(29-20-34-31-16-14-23(2)18-27(29)31)11-7-4-8-12-32(36)35-37-21-24-9-5-3-6-10-24/h3,5-6,9-10,13-20,25,33-34H,4,7-8,11-12,21H2,1-2H3,(H,35,36). The van der Waals surface area contributed by atoms with E-state index in [1.807, 2.05) is 30.3 Å². The molecule has 0 aliphatic heterocycles. The molecule has 190 valence electrons. The van der Waals surface area contributed by atoms with Gasteiger partial charge in [0.15, 0.2) is 0 Å². The van der Waals surface area contributed by atoms with Gasteiger partial charge in [-0.05, 0) is 67.6 Å². The lowest BCUT2D eigenvalue weighted by Gasteiger charge is -2.17. The molecule has 5 heteroatoms. The number of rotatable bonds is 11. The maximum atomic E-state index is 12.2. The molecule has 0 radical (unpaired) electrons. The number of aryl methyl sites for hydroxylation is 2. The Balaban J connectivity index is 1.23. The summed E-state index contributed by atoms with van der Waals surface area (Å²) >= 11 is 0. The summed E-state index contributed by atoms with van der Waals surface area (Å²) < 4.78 is 0. The molecule has 0 aliphatic carbocycles. The van der Waals surface area contributed by atoms with E-state index in [1.54, 1.807) is 0 Å². The first-order chi connectivity index (χ1) is 18.1. The molecule has 0 fully saturated rings. The first-order valence-electron chi connectivity index (χ1n) is 13.2. The Morgan fingerprint density at radius 1 is 0.811 bits per heavy atom. The summed E-state index contributed by atoms with van der Waals surface area (Å²) in [7, 11) is 0. The van der Waals surface area contributed by atoms with Crippen molar-refractivity contribution >= 4 is 27.7 Å². The summed E-state index contributed by atoms with van der Waals surface area (Å²) in [6.45, 7) is 4.67. The molecule has 2 heterocycles. The summed E-state index contributed by atoms with van der Waals surface area (Å²) in [6, 6.07) is 23.1. The van der Waals surface area contributed by atoms with Gasteiger partial charge in [-0.1, -0.05) is 66.4 Å². The summed E-state index contributed by atoms with van der Waals surface area (Å²) in [5.74, 6) is 0.209. The van der Waals surface area contributed by atoms with Crippen molar-refractivity contribution in [3.05, 3.63) is 107 Å². The minimum Gasteiger partial charge on any atom is -0.361 e. The number of hydrogen-bond acceptors (Lipinski definition) is 2.